The van der Waals surface area contributed by atoms with Crippen LogP contribution in [0.2, 0.25) is 0 Å². The molecule has 0 radical (unpaired) electrons. The zero-order valence-electron chi connectivity index (χ0n) is 10.8. The van der Waals surface area contributed by atoms with Gasteiger partial charge in [-0.25, -0.2) is 0 Å². The largest absolute Gasteiger partial charge is 0.381 e. The fourth-order valence-corrected chi connectivity index (χ4v) is 4.11. The van der Waals surface area contributed by atoms with Gasteiger partial charge in [0.15, 0.2) is 0 Å². The van der Waals surface area contributed by atoms with Gasteiger partial charge in [-0.3, -0.25) is 4.90 Å². The lowest BCUT2D eigenvalue weighted by atomic mass is 10.0. The van der Waals surface area contributed by atoms with Crippen LogP contribution in [-0.2, 0) is 4.74 Å². The zero-order valence-corrected chi connectivity index (χ0v) is 13.2. The number of ether oxygens (including phenoxy) is 1. The molecule has 102 valence electrons. The molecule has 1 aliphatic heterocycles. The van der Waals surface area contributed by atoms with Crippen LogP contribution < -0.4 is 5.73 Å². The minimum atomic E-state index is 0.322. The molecular formula is C13H21BrN2OS. The lowest BCUT2D eigenvalue weighted by molar-refractivity contribution is 0.0367. The highest BCUT2D eigenvalue weighted by Gasteiger charge is 2.22. The van der Waals surface area contributed by atoms with E-state index < -0.39 is 0 Å². The van der Waals surface area contributed by atoms with Gasteiger partial charge in [-0.15, -0.1) is 11.3 Å². The number of hydrogen-bond donors (Lipinski definition) is 1. The summed E-state index contributed by atoms with van der Waals surface area (Å²) in [4.78, 5) is 3.71. The van der Waals surface area contributed by atoms with Crippen LogP contribution in [0.25, 0.3) is 0 Å². The molecule has 1 aromatic heterocycles. The Balaban J connectivity index is 1.94. The third kappa shape index (κ3) is 3.78. The molecule has 1 fully saturated rings. The average molecular weight is 333 g/mol. The number of thiophene rings is 1. The van der Waals surface area contributed by atoms with Crippen LogP contribution in [0.1, 0.15) is 23.8 Å². The highest BCUT2D eigenvalue weighted by molar-refractivity contribution is 9.11. The highest BCUT2D eigenvalue weighted by Crippen LogP contribution is 2.30. The molecule has 2 heterocycles. The van der Waals surface area contributed by atoms with E-state index in [1.54, 1.807) is 11.3 Å². The summed E-state index contributed by atoms with van der Waals surface area (Å²) in [7, 11) is 2.17. The monoisotopic (exact) mass is 332 g/mol. The summed E-state index contributed by atoms with van der Waals surface area (Å²) in [6.45, 7) is 3.56. The first kappa shape index (κ1) is 14.5. The second kappa shape index (κ2) is 7.01. The van der Waals surface area contributed by atoms with Crippen LogP contribution in [0.15, 0.2) is 15.9 Å². The van der Waals surface area contributed by atoms with Crippen molar-refractivity contribution in [2.24, 2.45) is 11.7 Å². The summed E-state index contributed by atoms with van der Waals surface area (Å²) in [5.74, 6) is 0.654. The summed E-state index contributed by atoms with van der Waals surface area (Å²) in [6, 6.07) is 4.59. The van der Waals surface area contributed by atoms with Gasteiger partial charge in [-0.1, -0.05) is 0 Å². The van der Waals surface area contributed by atoms with E-state index in [2.05, 4.69) is 40.0 Å². The maximum absolute atomic E-state index is 5.94. The summed E-state index contributed by atoms with van der Waals surface area (Å²) in [5.41, 5.74) is 5.94. The van der Waals surface area contributed by atoms with E-state index in [0.29, 0.717) is 18.5 Å². The van der Waals surface area contributed by atoms with Crippen molar-refractivity contribution in [3.05, 3.63) is 20.8 Å². The first-order chi connectivity index (χ1) is 8.70. The van der Waals surface area contributed by atoms with Crippen molar-refractivity contribution in [3.8, 4) is 0 Å². The van der Waals surface area contributed by atoms with Crippen molar-refractivity contribution in [1.29, 1.82) is 0 Å². The molecule has 2 rings (SSSR count). The van der Waals surface area contributed by atoms with Gasteiger partial charge in [-0.2, -0.15) is 0 Å². The van der Waals surface area contributed by atoms with E-state index in [-0.39, 0.29) is 0 Å². The fraction of sp³-hybridized carbons (Fsp3) is 0.692. The Morgan fingerprint density at radius 3 is 3.00 bits per heavy atom. The molecule has 5 heteroatoms. The lowest BCUT2D eigenvalue weighted by Gasteiger charge is -2.31. The molecule has 2 N–H and O–H groups in total. The van der Waals surface area contributed by atoms with E-state index in [1.165, 1.54) is 21.5 Å². The molecular weight excluding hydrogens is 312 g/mol. The van der Waals surface area contributed by atoms with Gasteiger partial charge in [0.2, 0.25) is 0 Å². The Bertz CT molecular complexity index is 366. The number of likely N-dealkylation sites (N-methyl/N-ethyl adjacent to an activating group) is 1. The molecule has 0 spiro atoms. The molecule has 1 saturated heterocycles. The number of nitrogens with zero attached hydrogens (tertiary/aromatic N) is 1. The third-order valence-corrected chi connectivity index (χ3v) is 5.20. The van der Waals surface area contributed by atoms with Crippen molar-refractivity contribution >= 4 is 27.3 Å². The Kier molecular flexibility index (Phi) is 5.63. The van der Waals surface area contributed by atoms with Gasteiger partial charge >= 0.3 is 0 Å². The molecule has 0 bridgehead atoms. The summed E-state index contributed by atoms with van der Waals surface area (Å²) >= 11 is 5.29. The Hall–Kier alpha value is 0.0600. The highest BCUT2D eigenvalue weighted by atomic mass is 79.9. The normalized spacial score (nSPS) is 22.3. The standard InChI is InChI=1S/C13H21BrN2OS/c1-16(8-10-3-2-6-17-9-10)11(7-15)12-4-5-13(14)18-12/h4-5,10-11H,2-3,6-9,15H2,1H3. The molecule has 2 atom stereocenters. The van der Waals surface area contributed by atoms with Crippen molar-refractivity contribution in [3.63, 3.8) is 0 Å². The predicted molar refractivity (Wildman–Crippen MR) is 80.0 cm³/mol. The van der Waals surface area contributed by atoms with Gasteiger partial charge < -0.3 is 10.5 Å². The molecule has 1 aliphatic rings. The van der Waals surface area contributed by atoms with E-state index in [0.717, 1.165) is 19.8 Å². The third-order valence-electron chi connectivity index (χ3n) is 3.48. The van der Waals surface area contributed by atoms with E-state index in [9.17, 15) is 0 Å². The molecule has 0 amide bonds. The Morgan fingerprint density at radius 1 is 1.61 bits per heavy atom. The summed E-state index contributed by atoms with van der Waals surface area (Å²) in [5, 5.41) is 0. The molecule has 2 unspecified atom stereocenters. The fourth-order valence-electron chi connectivity index (χ4n) is 2.51. The second-order valence-electron chi connectivity index (χ2n) is 4.92. The Morgan fingerprint density at radius 2 is 2.44 bits per heavy atom. The van der Waals surface area contributed by atoms with Crippen LogP contribution in [0, 0.1) is 5.92 Å². The van der Waals surface area contributed by atoms with Crippen LogP contribution in [0.3, 0.4) is 0 Å². The van der Waals surface area contributed by atoms with Crippen molar-refractivity contribution in [2.75, 3.05) is 33.4 Å². The number of halogens is 1. The maximum atomic E-state index is 5.94. The van der Waals surface area contributed by atoms with Gasteiger partial charge in [0.25, 0.3) is 0 Å². The second-order valence-corrected chi connectivity index (χ2v) is 7.41. The summed E-state index contributed by atoms with van der Waals surface area (Å²) < 4.78 is 6.71. The van der Waals surface area contributed by atoms with E-state index >= 15 is 0 Å². The predicted octanol–water partition coefficient (Wildman–Crippen LogP) is 2.87. The quantitative estimate of drug-likeness (QED) is 0.900. The van der Waals surface area contributed by atoms with Gasteiger partial charge in [0, 0.05) is 24.6 Å². The smallest absolute Gasteiger partial charge is 0.0702 e. The lowest BCUT2D eigenvalue weighted by Crippen LogP contribution is -2.36. The van der Waals surface area contributed by atoms with Crippen molar-refractivity contribution < 1.29 is 4.74 Å². The van der Waals surface area contributed by atoms with E-state index in [1.807, 2.05) is 0 Å². The number of hydrogen-bond acceptors (Lipinski definition) is 4. The maximum Gasteiger partial charge on any atom is 0.0702 e. The summed E-state index contributed by atoms with van der Waals surface area (Å²) in [6.07, 6.45) is 2.46. The minimum absolute atomic E-state index is 0.322. The van der Waals surface area contributed by atoms with Crippen LogP contribution >= 0.6 is 27.3 Å². The zero-order chi connectivity index (χ0) is 13.0. The topological polar surface area (TPSA) is 38.5 Å². The molecule has 3 nitrogen and oxygen atoms in total. The van der Waals surface area contributed by atoms with Crippen LogP contribution in [0.5, 0.6) is 0 Å². The molecule has 0 aliphatic carbocycles. The Labute approximate surface area is 121 Å². The average Bonchev–Trinajstić information content (AvgIpc) is 2.78. The van der Waals surface area contributed by atoms with Crippen molar-refractivity contribution in [1.82, 2.24) is 4.90 Å². The molecule has 1 aromatic rings. The SMILES string of the molecule is CN(CC1CCCOC1)C(CN)c1ccc(Br)s1. The van der Waals surface area contributed by atoms with Crippen LogP contribution in [0.4, 0.5) is 0 Å². The molecule has 0 saturated carbocycles. The van der Waals surface area contributed by atoms with Gasteiger partial charge in [0.05, 0.1) is 16.4 Å². The van der Waals surface area contributed by atoms with Gasteiger partial charge in [0.1, 0.15) is 0 Å². The van der Waals surface area contributed by atoms with Gasteiger partial charge in [-0.05, 0) is 53.9 Å². The first-order valence-electron chi connectivity index (χ1n) is 6.44. The number of rotatable bonds is 5. The first-order valence-corrected chi connectivity index (χ1v) is 8.05. The minimum Gasteiger partial charge on any atom is -0.381 e. The number of nitrogens with two attached hydrogens (primary N) is 1. The van der Waals surface area contributed by atoms with Crippen LogP contribution in [-0.4, -0.2) is 38.3 Å². The van der Waals surface area contributed by atoms with Crippen molar-refractivity contribution in [2.45, 2.75) is 18.9 Å². The molecule has 18 heavy (non-hydrogen) atoms. The van der Waals surface area contributed by atoms with E-state index in [4.69, 9.17) is 10.5 Å². The molecule has 0 aromatic carbocycles.